The van der Waals surface area contributed by atoms with Crippen LogP contribution in [0.15, 0.2) is 172 Å². The lowest BCUT2D eigenvalue weighted by Gasteiger charge is -2.36. The Morgan fingerprint density at radius 2 is 0.868 bits per heavy atom. The van der Waals surface area contributed by atoms with Crippen LogP contribution in [0.5, 0.6) is 0 Å². The minimum Gasteiger partial charge on any atom is -0.445 e. The van der Waals surface area contributed by atoms with Crippen LogP contribution in [-0.2, 0) is 65.2 Å². The van der Waals surface area contributed by atoms with E-state index in [1.54, 1.807) is 50.0 Å². The van der Waals surface area contributed by atoms with E-state index in [4.69, 9.17) is 30.2 Å². The molecule has 0 bridgehead atoms. The van der Waals surface area contributed by atoms with Crippen molar-refractivity contribution in [1.82, 2.24) is 34.7 Å². The van der Waals surface area contributed by atoms with Gasteiger partial charge in [0, 0.05) is 131 Å². The SMILES string of the molecule is C.C.NCCSc1ccc(CO)cc1.O=C(CCCSc1ccc(CO)cc1)N1CCN(C(=O)OCc2ccccc2)CC1.O=C(OCc1ccccc1)N1CCN(C(=O)N2CCSc3ccc(CO)cc3C2)CC1.O=C(OCc1ccccc1)N1CCNCC1. The van der Waals surface area contributed by atoms with Gasteiger partial charge in [-0.1, -0.05) is 142 Å². The van der Waals surface area contributed by atoms with Gasteiger partial charge >= 0.3 is 24.3 Å². The molecule has 0 spiro atoms. The predicted molar refractivity (Wildman–Crippen MR) is 362 cm³/mol. The fourth-order valence-corrected chi connectivity index (χ4v) is 12.1. The molecular weight excluding hydrogens is 1210 g/mol. The molecule has 492 valence electrons. The largest absolute Gasteiger partial charge is 0.445 e. The average Bonchev–Trinajstić information content (AvgIpc) is 2.30. The molecule has 3 fully saturated rings. The maximum atomic E-state index is 13.1. The number of ether oxygens (including phenoxy) is 3. The summed E-state index contributed by atoms with van der Waals surface area (Å²) in [7, 11) is 0. The van der Waals surface area contributed by atoms with E-state index in [0.29, 0.717) is 85.0 Å². The van der Waals surface area contributed by atoms with Crippen LogP contribution in [0.25, 0.3) is 0 Å². The molecule has 0 aliphatic carbocycles. The first-order valence-electron chi connectivity index (χ1n) is 30.1. The minimum absolute atomic E-state index is 0. The van der Waals surface area contributed by atoms with E-state index in [9.17, 15) is 29.1 Å². The maximum absolute atomic E-state index is 13.1. The topological polar surface area (TPSA) is 231 Å². The summed E-state index contributed by atoms with van der Waals surface area (Å²) < 4.78 is 16.0. The third-order valence-electron chi connectivity index (χ3n) is 14.6. The molecule has 19 nitrogen and oxygen atoms in total. The summed E-state index contributed by atoms with van der Waals surface area (Å²) in [5.41, 5.74) is 12.1. The van der Waals surface area contributed by atoms with Gasteiger partial charge in [-0.2, -0.15) is 0 Å². The number of amides is 6. The van der Waals surface area contributed by atoms with Gasteiger partial charge in [-0.05, 0) is 81.4 Å². The Morgan fingerprint density at radius 3 is 1.31 bits per heavy atom. The second kappa shape index (κ2) is 42.0. The first kappa shape index (κ1) is 74.4. The van der Waals surface area contributed by atoms with Crippen molar-refractivity contribution < 1.29 is 53.5 Å². The van der Waals surface area contributed by atoms with Crippen LogP contribution in [0.2, 0.25) is 0 Å². The normalized spacial score (nSPS) is 14.3. The van der Waals surface area contributed by atoms with Gasteiger partial charge < -0.3 is 70.0 Å². The fraction of sp³-hybridized carbons (Fsp3) is 0.406. The minimum atomic E-state index is -0.340. The van der Waals surface area contributed by atoms with Gasteiger partial charge in [-0.25, -0.2) is 19.2 Å². The number of benzene rings is 6. The Morgan fingerprint density at radius 1 is 0.462 bits per heavy atom. The Labute approximate surface area is 550 Å². The van der Waals surface area contributed by atoms with Crippen molar-refractivity contribution in [2.24, 2.45) is 5.73 Å². The fourth-order valence-electron chi connectivity index (χ4n) is 9.54. The molecule has 6 aromatic carbocycles. The lowest BCUT2D eigenvalue weighted by Crippen LogP contribution is -2.54. The van der Waals surface area contributed by atoms with Crippen molar-refractivity contribution >= 4 is 65.5 Å². The van der Waals surface area contributed by atoms with Crippen molar-refractivity contribution in [2.75, 3.05) is 109 Å². The number of carbonyl (C=O) groups excluding carboxylic acids is 5. The molecule has 10 rings (SSSR count). The molecule has 0 atom stereocenters. The zero-order chi connectivity index (χ0) is 62.8. The zero-order valence-electron chi connectivity index (χ0n) is 50.5. The third kappa shape index (κ3) is 26.1. The van der Waals surface area contributed by atoms with Crippen molar-refractivity contribution in [3.05, 3.63) is 197 Å². The lowest BCUT2D eigenvalue weighted by molar-refractivity contribution is -0.132. The highest BCUT2D eigenvalue weighted by atomic mass is 32.2. The summed E-state index contributed by atoms with van der Waals surface area (Å²) in [6.45, 7) is 10.1. The second-order valence-corrected chi connectivity index (χ2v) is 24.5. The standard InChI is InChI=1S/C23H27N3O4S.C23H28N2O4S.C12H16N2O2.C9H13NOS.2CH4/c27-16-19-6-7-21-20(14-19)15-26(12-13-31-21)22(28)24-8-10-25(11-9-24)23(29)30-17-18-4-2-1-3-5-18;26-17-19-8-10-21(11-9-19)30-16-4-7-22(27)24-12-14-25(15-13-24)23(28)29-18-20-5-2-1-3-6-20;15-12(14-8-6-13-7-9-14)16-10-11-4-2-1-3-5-11;10-5-6-12-9-3-1-8(7-11)2-4-9;;/h1-7,14,27H,8-13,15-17H2;1-3,5-6,8-11,26H,4,7,12-18H2;1-5,13H,6-10H2;1-4,11H,5-7,10H2;2*1H4. The van der Waals surface area contributed by atoms with E-state index >= 15 is 0 Å². The molecule has 4 aliphatic heterocycles. The van der Waals surface area contributed by atoms with Crippen molar-refractivity contribution in [3.8, 4) is 0 Å². The van der Waals surface area contributed by atoms with Gasteiger partial charge in [-0.3, -0.25) is 4.79 Å². The number of fused-ring (bicyclic) bond motifs is 1. The molecule has 6 N–H and O–H groups in total. The number of rotatable bonds is 17. The molecule has 3 saturated heterocycles. The first-order chi connectivity index (χ1) is 43.5. The quantitative estimate of drug-likeness (QED) is 0.0325. The highest BCUT2D eigenvalue weighted by Crippen LogP contribution is 2.29. The van der Waals surface area contributed by atoms with Gasteiger partial charge in [0.1, 0.15) is 19.8 Å². The Kier molecular flexibility index (Phi) is 34.3. The number of urea groups is 1. The van der Waals surface area contributed by atoms with Crippen LogP contribution in [0.1, 0.15) is 66.6 Å². The van der Waals surface area contributed by atoms with Gasteiger partial charge in [0.25, 0.3) is 0 Å². The molecule has 4 heterocycles. The summed E-state index contributed by atoms with van der Waals surface area (Å²) in [6, 6.07) is 50.5. The van der Waals surface area contributed by atoms with Gasteiger partial charge in [-0.15, -0.1) is 35.3 Å². The number of aliphatic hydroxyl groups is 3. The number of carbonyl (C=O) groups is 5. The molecule has 0 radical (unpaired) electrons. The van der Waals surface area contributed by atoms with Crippen LogP contribution in [0, 0.1) is 0 Å². The molecular formula is C69H92N8O11S3. The summed E-state index contributed by atoms with van der Waals surface area (Å²) >= 11 is 5.19. The molecule has 91 heavy (non-hydrogen) atoms. The molecule has 6 aromatic rings. The molecule has 0 saturated carbocycles. The molecule has 0 aromatic heterocycles. The number of nitrogens with zero attached hydrogens (tertiary/aromatic N) is 6. The summed E-state index contributed by atoms with van der Waals surface area (Å²) in [5, 5.41) is 30.5. The van der Waals surface area contributed by atoms with Crippen LogP contribution in [0.4, 0.5) is 19.2 Å². The van der Waals surface area contributed by atoms with Crippen LogP contribution in [0.3, 0.4) is 0 Å². The molecule has 4 aliphatic rings. The Hall–Kier alpha value is -7.28. The first-order valence-corrected chi connectivity index (χ1v) is 33.1. The molecule has 22 heteroatoms. The van der Waals surface area contributed by atoms with Crippen molar-refractivity contribution in [3.63, 3.8) is 0 Å². The monoisotopic (exact) mass is 1300 g/mol. The number of piperazine rings is 3. The number of hydrogen-bond donors (Lipinski definition) is 5. The number of nitrogens with two attached hydrogens (primary N) is 1. The lowest BCUT2D eigenvalue weighted by atomic mass is 10.1. The number of thioether (sulfide) groups is 3. The molecule has 0 unspecified atom stereocenters. The Balaban J connectivity index is 0.000000233. The zero-order valence-corrected chi connectivity index (χ0v) is 52.9. The maximum Gasteiger partial charge on any atom is 0.410 e. The van der Waals surface area contributed by atoms with Crippen LogP contribution < -0.4 is 11.1 Å². The highest BCUT2D eigenvalue weighted by Gasteiger charge is 2.30. The van der Waals surface area contributed by atoms with Gasteiger partial charge in [0.05, 0.1) is 19.8 Å². The predicted octanol–water partition coefficient (Wildman–Crippen LogP) is 10.4. The summed E-state index contributed by atoms with van der Waals surface area (Å²) in [4.78, 5) is 75.9. The van der Waals surface area contributed by atoms with Crippen LogP contribution >= 0.6 is 35.3 Å². The van der Waals surface area contributed by atoms with Crippen LogP contribution in [-0.4, -0.2) is 184 Å². The second-order valence-electron chi connectivity index (χ2n) is 21.0. The highest BCUT2D eigenvalue weighted by molar-refractivity contribution is 7.99. The Bertz CT molecular complexity index is 3050. The smallest absolute Gasteiger partial charge is 0.410 e. The third-order valence-corrected chi connectivity index (χ3v) is 17.9. The average molecular weight is 1310 g/mol. The van der Waals surface area contributed by atoms with Crippen molar-refractivity contribution in [2.45, 2.75) is 88.6 Å². The van der Waals surface area contributed by atoms with E-state index < -0.39 is 0 Å². The van der Waals surface area contributed by atoms with Crippen molar-refractivity contribution in [1.29, 1.82) is 0 Å². The number of hydrogen-bond acceptors (Lipinski definition) is 16. The molecule has 6 amide bonds. The van der Waals surface area contributed by atoms with E-state index in [1.165, 1.54) is 9.79 Å². The van der Waals surface area contributed by atoms with E-state index in [1.807, 2.05) is 172 Å². The summed E-state index contributed by atoms with van der Waals surface area (Å²) in [5.74, 6) is 2.79. The van der Waals surface area contributed by atoms with E-state index in [2.05, 4.69) is 5.32 Å². The summed E-state index contributed by atoms with van der Waals surface area (Å²) in [6.07, 6.45) is 0.442. The van der Waals surface area contributed by atoms with E-state index in [0.717, 1.165) is 93.7 Å². The number of aliphatic hydroxyl groups excluding tert-OH is 3. The number of nitrogens with one attached hydrogen (secondary N) is 1. The van der Waals surface area contributed by atoms with Gasteiger partial charge in [0.15, 0.2) is 0 Å². The van der Waals surface area contributed by atoms with Gasteiger partial charge in [0.2, 0.25) is 5.91 Å². The van der Waals surface area contributed by atoms with E-state index in [-0.39, 0.29) is 78.1 Å².